The number of hydrogen-bond donors (Lipinski definition) is 2. The van der Waals surface area contributed by atoms with Crippen molar-refractivity contribution in [3.8, 4) is 11.1 Å². The molecule has 8 heteroatoms. The third-order valence-corrected chi connectivity index (χ3v) is 4.60. The quantitative estimate of drug-likeness (QED) is 0.682. The van der Waals surface area contributed by atoms with Gasteiger partial charge >= 0.3 is 0 Å². The molecule has 0 aromatic carbocycles. The maximum absolute atomic E-state index is 11.7. The van der Waals surface area contributed by atoms with Crippen molar-refractivity contribution >= 4 is 45.8 Å². The second-order valence-corrected chi connectivity index (χ2v) is 6.55. The van der Waals surface area contributed by atoms with Gasteiger partial charge in [-0.1, -0.05) is 0 Å². The molecule has 1 fully saturated rings. The van der Waals surface area contributed by atoms with Gasteiger partial charge in [0.15, 0.2) is 0 Å². The summed E-state index contributed by atoms with van der Waals surface area (Å²) in [5.74, 6) is 0.520. The van der Waals surface area contributed by atoms with E-state index in [9.17, 15) is 9.59 Å². The summed E-state index contributed by atoms with van der Waals surface area (Å²) < 4.78 is 5.89. The minimum Gasteiger partial charge on any atom is -0.456 e. The predicted octanol–water partition coefficient (Wildman–Crippen LogP) is 3.10. The van der Waals surface area contributed by atoms with Gasteiger partial charge in [0.25, 0.3) is 11.1 Å². The average molecular weight is 352 g/mol. The number of carbonyl (C=O) groups excluding carboxylic acids is 2. The van der Waals surface area contributed by atoms with Gasteiger partial charge in [-0.25, -0.2) is 4.98 Å². The number of nitrogen functional groups attached to an aromatic ring is 1. The molecular weight excluding hydrogens is 340 g/mol. The van der Waals surface area contributed by atoms with Gasteiger partial charge in [0.05, 0.1) is 4.91 Å². The number of amides is 2. The average Bonchev–Trinajstić information content (AvgIpc) is 3.12. The maximum atomic E-state index is 11.7. The van der Waals surface area contributed by atoms with Crippen LogP contribution in [0, 0.1) is 6.92 Å². The van der Waals surface area contributed by atoms with Crippen LogP contribution in [0.5, 0.6) is 0 Å². The van der Waals surface area contributed by atoms with Crippen molar-refractivity contribution in [2.45, 2.75) is 6.92 Å². The molecule has 0 spiro atoms. The number of thioether (sulfide) groups is 1. The number of anilines is 1. The summed E-state index contributed by atoms with van der Waals surface area (Å²) in [6.07, 6.45) is 6.57. The molecule has 1 saturated heterocycles. The lowest BCUT2D eigenvalue weighted by molar-refractivity contribution is -0.115. The van der Waals surface area contributed by atoms with Crippen LogP contribution in [0.2, 0.25) is 0 Å². The van der Waals surface area contributed by atoms with E-state index < -0.39 is 11.1 Å². The normalized spacial score (nSPS) is 16.0. The molecule has 0 atom stereocenters. The van der Waals surface area contributed by atoms with E-state index in [0.29, 0.717) is 22.1 Å². The zero-order chi connectivity index (χ0) is 17.6. The van der Waals surface area contributed by atoms with Crippen LogP contribution in [0.25, 0.3) is 28.2 Å². The van der Waals surface area contributed by atoms with Crippen LogP contribution in [-0.4, -0.2) is 21.1 Å². The van der Waals surface area contributed by atoms with Gasteiger partial charge in [0, 0.05) is 41.2 Å². The van der Waals surface area contributed by atoms with E-state index in [1.807, 2.05) is 13.0 Å². The standard InChI is InChI=1S/C17H12N4O3S/c1-8-2-9(6-20-15(8)18)12-7-19-5-10-3-11(24-14(10)12)4-13-16(22)21-17(23)25-13/h2-7H,1H3,(H2,18,20)(H,21,22,23). The third-order valence-electron chi connectivity index (χ3n) is 3.79. The highest BCUT2D eigenvalue weighted by Gasteiger charge is 2.25. The van der Waals surface area contributed by atoms with Gasteiger partial charge in [-0.15, -0.1) is 0 Å². The molecule has 0 radical (unpaired) electrons. The molecule has 25 heavy (non-hydrogen) atoms. The fraction of sp³-hybridized carbons (Fsp3) is 0.0588. The van der Waals surface area contributed by atoms with Crippen molar-refractivity contribution in [3.05, 3.63) is 47.0 Å². The Balaban J connectivity index is 1.81. The molecule has 4 rings (SSSR count). The number of imide groups is 1. The monoisotopic (exact) mass is 352 g/mol. The molecule has 1 aliphatic heterocycles. The minimum absolute atomic E-state index is 0.295. The summed E-state index contributed by atoms with van der Waals surface area (Å²) >= 11 is 0.845. The molecule has 0 bridgehead atoms. The van der Waals surface area contributed by atoms with Crippen molar-refractivity contribution in [2.75, 3.05) is 5.73 Å². The van der Waals surface area contributed by atoms with Crippen LogP contribution in [-0.2, 0) is 4.79 Å². The Labute approximate surface area is 146 Å². The zero-order valence-corrected chi connectivity index (χ0v) is 13.9. The third kappa shape index (κ3) is 2.76. The fourth-order valence-corrected chi connectivity index (χ4v) is 3.20. The molecule has 0 unspecified atom stereocenters. The number of fused-ring (bicyclic) bond motifs is 1. The highest BCUT2D eigenvalue weighted by atomic mass is 32.2. The Morgan fingerprint density at radius 1 is 1.24 bits per heavy atom. The fourth-order valence-electron chi connectivity index (χ4n) is 2.54. The molecule has 0 saturated carbocycles. The van der Waals surface area contributed by atoms with Gasteiger partial charge in [-0.2, -0.15) is 0 Å². The molecule has 7 nitrogen and oxygen atoms in total. The predicted molar refractivity (Wildman–Crippen MR) is 95.5 cm³/mol. The maximum Gasteiger partial charge on any atom is 0.290 e. The molecule has 3 N–H and O–H groups in total. The molecule has 3 aromatic rings. The number of hydrogen-bond acceptors (Lipinski definition) is 7. The smallest absolute Gasteiger partial charge is 0.290 e. The van der Waals surface area contributed by atoms with Gasteiger partial charge in [0.2, 0.25) is 0 Å². The lowest BCUT2D eigenvalue weighted by atomic mass is 10.1. The first kappa shape index (κ1) is 15.4. The van der Waals surface area contributed by atoms with Crippen molar-refractivity contribution in [3.63, 3.8) is 0 Å². The topological polar surface area (TPSA) is 111 Å². The number of aryl methyl sites for hydroxylation is 1. The van der Waals surface area contributed by atoms with Gasteiger partial charge in [0.1, 0.15) is 17.2 Å². The number of aromatic nitrogens is 2. The first-order valence-electron chi connectivity index (χ1n) is 7.36. The molecule has 124 valence electrons. The van der Waals surface area contributed by atoms with Gasteiger partial charge < -0.3 is 10.2 Å². The number of nitrogens with two attached hydrogens (primary N) is 1. The van der Waals surface area contributed by atoms with Crippen LogP contribution in [0.3, 0.4) is 0 Å². The second-order valence-electron chi connectivity index (χ2n) is 5.53. The molecule has 4 heterocycles. The number of furan rings is 1. The zero-order valence-electron chi connectivity index (χ0n) is 13.1. The van der Waals surface area contributed by atoms with Crippen LogP contribution in [0.4, 0.5) is 10.6 Å². The lowest BCUT2D eigenvalue weighted by Gasteiger charge is -2.04. The van der Waals surface area contributed by atoms with E-state index in [2.05, 4.69) is 15.3 Å². The number of pyridine rings is 2. The van der Waals surface area contributed by atoms with E-state index in [1.165, 1.54) is 0 Å². The highest BCUT2D eigenvalue weighted by molar-refractivity contribution is 8.18. The van der Waals surface area contributed by atoms with E-state index in [-0.39, 0.29) is 0 Å². The number of nitrogens with zero attached hydrogens (tertiary/aromatic N) is 2. The summed E-state index contributed by atoms with van der Waals surface area (Å²) in [4.78, 5) is 31.6. The number of rotatable bonds is 2. The van der Waals surface area contributed by atoms with Crippen LogP contribution >= 0.6 is 11.8 Å². The second kappa shape index (κ2) is 5.75. The minimum atomic E-state index is -0.424. The molecule has 3 aromatic heterocycles. The van der Waals surface area contributed by atoms with E-state index in [4.69, 9.17) is 10.2 Å². The van der Waals surface area contributed by atoms with Crippen molar-refractivity contribution in [2.24, 2.45) is 0 Å². The summed E-state index contributed by atoms with van der Waals surface area (Å²) in [6.45, 7) is 1.88. The Bertz CT molecular complexity index is 1070. The number of carbonyl (C=O) groups is 2. The van der Waals surface area contributed by atoms with Crippen molar-refractivity contribution in [1.82, 2.24) is 15.3 Å². The molecule has 2 amide bonds. The summed E-state index contributed by atoms with van der Waals surface area (Å²) in [6, 6.07) is 3.69. The molecular formula is C17H12N4O3S. The Morgan fingerprint density at radius 2 is 2.08 bits per heavy atom. The summed E-state index contributed by atoms with van der Waals surface area (Å²) in [7, 11) is 0. The van der Waals surface area contributed by atoms with Gasteiger partial charge in [-0.3, -0.25) is 19.9 Å². The molecule has 0 aliphatic carbocycles. The largest absolute Gasteiger partial charge is 0.456 e. The Kier molecular flexibility index (Phi) is 3.54. The van der Waals surface area contributed by atoms with Crippen LogP contribution in [0.15, 0.2) is 40.0 Å². The van der Waals surface area contributed by atoms with Gasteiger partial charge in [-0.05, 0) is 36.4 Å². The SMILES string of the molecule is Cc1cc(-c2cncc3cc(C=C4SC(=O)NC4=O)oc23)cnc1N. The van der Waals surface area contributed by atoms with E-state index >= 15 is 0 Å². The first-order valence-corrected chi connectivity index (χ1v) is 8.18. The van der Waals surface area contributed by atoms with E-state index in [0.717, 1.165) is 33.8 Å². The first-order chi connectivity index (χ1) is 12.0. The van der Waals surface area contributed by atoms with Crippen LogP contribution in [0.1, 0.15) is 11.3 Å². The Morgan fingerprint density at radius 3 is 2.80 bits per heavy atom. The van der Waals surface area contributed by atoms with Crippen molar-refractivity contribution < 1.29 is 14.0 Å². The highest BCUT2D eigenvalue weighted by Crippen LogP contribution is 2.33. The van der Waals surface area contributed by atoms with Crippen molar-refractivity contribution in [1.29, 1.82) is 0 Å². The molecule has 1 aliphatic rings. The lowest BCUT2D eigenvalue weighted by Crippen LogP contribution is -2.17. The summed E-state index contributed by atoms with van der Waals surface area (Å²) in [5.41, 5.74) is 8.87. The summed E-state index contributed by atoms with van der Waals surface area (Å²) in [5, 5.41) is 2.61. The van der Waals surface area contributed by atoms with E-state index in [1.54, 1.807) is 30.7 Å². The number of nitrogens with one attached hydrogen (secondary N) is 1. The Hall–Kier alpha value is -3.13. The van der Waals surface area contributed by atoms with Crippen LogP contribution < -0.4 is 11.1 Å².